The van der Waals surface area contributed by atoms with Crippen molar-refractivity contribution in [3.63, 3.8) is 0 Å². The number of oxazole rings is 1. The lowest BCUT2D eigenvalue weighted by atomic mass is 9.67. The molecule has 1 aromatic carbocycles. The summed E-state index contributed by atoms with van der Waals surface area (Å²) in [4.78, 5) is 19.3. The van der Waals surface area contributed by atoms with Gasteiger partial charge in [0.05, 0.1) is 17.4 Å². The largest absolute Gasteiger partial charge is 0.423 e. The van der Waals surface area contributed by atoms with E-state index in [1.54, 1.807) is 6.07 Å². The zero-order valence-electron chi connectivity index (χ0n) is 17.5. The fraction of sp³-hybridized carbons (Fsp3) is 0.636. The second-order valence-electron chi connectivity index (χ2n) is 9.48. The number of fused-ring (bicyclic) bond motifs is 1. The molecule has 168 valence electrons. The molecule has 9 heteroatoms. The molecule has 1 saturated carbocycles. The number of nitrogens with one attached hydrogen (secondary N) is 1. The average molecular weight is 466 g/mol. The van der Waals surface area contributed by atoms with Gasteiger partial charge in [0.15, 0.2) is 15.4 Å². The highest BCUT2D eigenvalue weighted by Gasteiger charge is 2.40. The molecule has 3 fully saturated rings. The molecule has 2 saturated heterocycles. The molecule has 3 heterocycles. The molecular formula is C22H28ClN3O4S. The summed E-state index contributed by atoms with van der Waals surface area (Å²) in [5.41, 5.74) is 1.86. The Labute approximate surface area is 187 Å². The molecule has 3 aliphatic rings. The van der Waals surface area contributed by atoms with Crippen molar-refractivity contribution in [3.05, 3.63) is 23.2 Å². The van der Waals surface area contributed by atoms with E-state index in [9.17, 15) is 13.2 Å². The minimum absolute atomic E-state index is 0.00730. The number of aromatic nitrogens is 1. The number of carbonyl (C=O) groups is 1. The molecule has 1 N–H and O–H groups in total. The van der Waals surface area contributed by atoms with Crippen molar-refractivity contribution < 1.29 is 17.6 Å². The lowest BCUT2D eigenvalue weighted by Crippen LogP contribution is -2.47. The number of piperidine rings is 1. The van der Waals surface area contributed by atoms with E-state index >= 15 is 0 Å². The number of rotatable bonds is 3. The molecule has 1 atom stereocenters. The van der Waals surface area contributed by atoms with Gasteiger partial charge in [0, 0.05) is 30.2 Å². The minimum atomic E-state index is -3.03. The van der Waals surface area contributed by atoms with Crippen LogP contribution in [0.15, 0.2) is 22.6 Å². The maximum atomic E-state index is 12.5. The number of sulfone groups is 1. The summed E-state index contributed by atoms with van der Waals surface area (Å²) in [5.74, 6) is -0.293. The first-order valence-electron chi connectivity index (χ1n) is 11.1. The number of carbonyl (C=O) groups excluding carboxylic acids is 1. The fourth-order valence-electron chi connectivity index (χ4n) is 5.39. The Bertz CT molecular complexity index is 1080. The van der Waals surface area contributed by atoms with Crippen LogP contribution in [0.2, 0.25) is 5.02 Å². The Morgan fingerprint density at radius 1 is 1.16 bits per heavy atom. The van der Waals surface area contributed by atoms with Gasteiger partial charge in [-0.1, -0.05) is 11.6 Å². The number of nitrogens with zero attached hydrogens (tertiary/aromatic N) is 2. The monoisotopic (exact) mass is 465 g/mol. The van der Waals surface area contributed by atoms with E-state index in [0.717, 1.165) is 57.1 Å². The van der Waals surface area contributed by atoms with Gasteiger partial charge in [-0.05, 0) is 62.5 Å². The van der Waals surface area contributed by atoms with E-state index < -0.39 is 9.84 Å². The Kier molecular flexibility index (Phi) is 5.41. The van der Waals surface area contributed by atoms with Crippen molar-refractivity contribution in [2.45, 2.75) is 51.0 Å². The van der Waals surface area contributed by atoms with Crippen LogP contribution < -0.4 is 10.2 Å². The number of benzene rings is 1. The molecular weight excluding hydrogens is 438 g/mol. The Balaban J connectivity index is 1.13. The summed E-state index contributed by atoms with van der Waals surface area (Å²) in [6.07, 6.45) is 6.76. The van der Waals surface area contributed by atoms with Gasteiger partial charge in [-0.25, -0.2) is 8.42 Å². The zero-order chi connectivity index (χ0) is 21.6. The van der Waals surface area contributed by atoms with Crippen molar-refractivity contribution >= 4 is 44.5 Å². The van der Waals surface area contributed by atoms with E-state index in [4.69, 9.17) is 16.0 Å². The van der Waals surface area contributed by atoms with Crippen LogP contribution in [0.25, 0.3) is 11.1 Å². The maximum absolute atomic E-state index is 12.5. The molecule has 0 radical (unpaired) electrons. The number of hydrogen-bond acceptors (Lipinski definition) is 6. The first-order chi connectivity index (χ1) is 14.8. The van der Waals surface area contributed by atoms with Crippen molar-refractivity contribution in [3.8, 4) is 0 Å². The summed E-state index contributed by atoms with van der Waals surface area (Å²) in [6.45, 7) is 1.83. The van der Waals surface area contributed by atoms with Gasteiger partial charge >= 0.3 is 0 Å². The normalized spacial score (nSPS) is 25.8. The van der Waals surface area contributed by atoms with Crippen LogP contribution in [0.3, 0.4) is 0 Å². The van der Waals surface area contributed by atoms with Gasteiger partial charge in [0.2, 0.25) is 5.91 Å². The third-order valence-electron chi connectivity index (χ3n) is 7.43. The van der Waals surface area contributed by atoms with Crippen LogP contribution in [0.5, 0.6) is 0 Å². The number of hydrogen-bond donors (Lipinski definition) is 1. The summed E-state index contributed by atoms with van der Waals surface area (Å²) < 4.78 is 29.2. The van der Waals surface area contributed by atoms with Gasteiger partial charge in [0.25, 0.3) is 6.01 Å². The van der Waals surface area contributed by atoms with E-state index in [-0.39, 0.29) is 29.4 Å². The third-order valence-corrected chi connectivity index (χ3v) is 9.43. The van der Waals surface area contributed by atoms with Crippen LogP contribution in [-0.2, 0) is 14.6 Å². The molecule has 1 amide bonds. The maximum Gasteiger partial charge on any atom is 0.298 e. The molecule has 1 unspecified atom stereocenters. The Morgan fingerprint density at radius 2 is 1.90 bits per heavy atom. The number of halogens is 1. The first kappa shape index (κ1) is 21.1. The van der Waals surface area contributed by atoms with Gasteiger partial charge in [-0.15, -0.1) is 0 Å². The molecule has 2 aromatic rings. The number of amides is 1. The lowest BCUT2D eigenvalue weighted by Gasteiger charge is -2.45. The quantitative estimate of drug-likeness (QED) is 0.745. The molecule has 1 spiro atoms. The highest BCUT2D eigenvalue weighted by molar-refractivity contribution is 7.91. The van der Waals surface area contributed by atoms with Gasteiger partial charge in [-0.3, -0.25) is 4.79 Å². The standard InChI is InChI=1S/C22H28ClN3O4S/c23-16-1-2-18-19(13-16)30-21(25-18)26-10-8-22(9-11-26)6-3-17(4-7-22)24-20(27)15-5-12-31(28,29)14-15/h1-2,13,15,17H,3-12,14H2,(H,24,27). The summed E-state index contributed by atoms with van der Waals surface area (Å²) >= 11 is 6.05. The molecule has 7 nitrogen and oxygen atoms in total. The van der Waals surface area contributed by atoms with Crippen LogP contribution in [0.1, 0.15) is 44.9 Å². The van der Waals surface area contributed by atoms with Gasteiger partial charge in [0.1, 0.15) is 5.52 Å². The summed E-state index contributed by atoms with van der Waals surface area (Å²) in [7, 11) is -3.03. The average Bonchev–Trinajstić information content (AvgIpc) is 3.33. The molecule has 31 heavy (non-hydrogen) atoms. The van der Waals surface area contributed by atoms with Crippen molar-refractivity contribution in [2.75, 3.05) is 29.5 Å². The third kappa shape index (κ3) is 4.42. The van der Waals surface area contributed by atoms with E-state index in [1.807, 2.05) is 12.1 Å². The predicted molar refractivity (Wildman–Crippen MR) is 120 cm³/mol. The topological polar surface area (TPSA) is 92.5 Å². The minimum Gasteiger partial charge on any atom is -0.423 e. The van der Waals surface area contributed by atoms with Crippen molar-refractivity contribution in [1.82, 2.24) is 10.3 Å². The fourth-order valence-corrected chi connectivity index (χ4v) is 7.29. The second kappa shape index (κ2) is 7.96. The summed E-state index contributed by atoms with van der Waals surface area (Å²) in [6, 6.07) is 6.34. The Hall–Kier alpha value is -1.80. The van der Waals surface area contributed by atoms with Gasteiger partial charge in [-0.2, -0.15) is 4.98 Å². The van der Waals surface area contributed by atoms with E-state index in [2.05, 4.69) is 15.2 Å². The van der Waals surface area contributed by atoms with Crippen molar-refractivity contribution in [1.29, 1.82) is 0 Å². The highest BCUT2D eigenvalue weighted by atomic mass is 35.5. The summed E-state index contributed by atoms with van der Waals surface area (Å²) in [5, 5.41) is 3.77. The zero-order valence-corrected chi connectivity index (χ0v) is 19.1. The first-order valence-corrected chi connectivity index (χ1v) is 13.3. The lowest BCUT2D eigenvalue weighted by molar-refractivity contribution is -0.125. The molecule has 1 aromatic heterocycles. The van der Waals surface area contributed by atoms with Gasteiger partial charge < -0.3 is 14.6 Å². The van der Waals surface area contributed by atoms with E-state index in [0.29, 0.717) is 28.5 Å². The highest BCUT2D eigenvalue weighted by Crippen LogP contribution is 2.45. The van der Waals surface area contributed by atoms with Crippen LogP contribution >= 0.6 is 11.6 Å². The van der Waals surface area contributed by atoms with Crippen LogP contribution in [-0.4, -0.2) is 49.9 Å². The SMILES string of the molecule is O=C(NC1CCC2(CC1)CCN(c1nc3ccc(Cl)cc3o1)CC2)C1CCS(=O)(=O)C1. The number of anilines is 1. The van der Waals surface area contributed by atoms with Crippen LogP contribution in [0, 0.1) is 11.3 Å². The predicted octanol–water partition coefficient (Wildman–Crippen LogP) is 3.56. The van der Waals surface area contributed by atoms with Crippen molar-refractivity contribution in [2.24, 2.45) is 11.3 Å². The molecule has 1 aliphatic carbocycles. The smallest absolute Gasteiger partial charge is 0.298 e. The van der Waals surface area contributed by atoms with E-state index in [1.165, 1.54) is 0 Å². The Morgan fingerprint density at radius 3 is 2.58 bits per heavy atom. The molecule has 2 aliphatic heterocycles. The second-order valence-corrected chi connectivity index (χ2v) is 12.1. The van der Waals surface area contributed by atoms with Crippen LogP contribution in [0.4, 0.5) is 6.01 Å². The molecule has 0 bridgehead atoms. The molecule has 5 rings (SSSR count).